The quantitative estimate of drug-likeness (QED) is 0.625. The summed E-state index contributed by atoms with van der Waals surface area (Å²) in [5.41, 5.74) is 0.888. The molecule has 0 aromatic heterocycles. The summed E-state index contributed by atoms with van der Waals surface area (Å²) in [4.78, 5) is 25.9. The normalized spacial score (nSPS) is 18.7. The summed E-state index contributed by atoms with van der Waals surface area (Å²) in [6.45, 7) is 0.197. The molecule has 2 N–H and O–H groups in total. The zero-order chi connectivity index (χ0) is 20.7. The maximum atomic E-state index is 12.8. The second-order valence-electron chi connectivity index (χ2n) is 6.93. The molecular weight excluding hydrogens is 408 g/mol. The van der Waals surface area contributed by atoms with Crippen molar-refractivity contribution in [2.75, 3.05) is 18.1 Å². The number of thioether (sulfide) groups is 1. The Balaban J connectivity index is 1.54. The molecule has 0 aliphatic carbocycles. The van der Waals surface area contributed by atoms with Gasteiger partial charge in [-0.05, 0) is 24.1 Å². The van der Waals surface area contributed by atoms with Crippen LogP contribution in [-0.2, 0) is 19.4 Å². The molecule has 0 spiro atoms. The fraction of sp³-hybridized carbons (Fsp3) is 0.333. The SMILES string of the molecule is O=C(CCNC(=O)[C@@H](Sc1ccccc1)c1ccccc1)N[C@@H]1CCS(=O)(=O)C1. The minimum Gasteiger partial charge on any atom is -0.354 e. The molecule has 6 nitrogen and oxygen atoms in total. The number of carbonyl (C=O) groups is 2. The highest BCUT2D eigenvalue weighted by atomic mass is 32.2. The molecule has 2 aromatic rings. The van der Waals surface area contributed by atoms with Crippen LogP contribution in [0.2, 0.25) is 0 Å². The number of hydrogen-bond donors (Lipinski definition) is 2. The smallest absolute Gasteiger partial charge is 0.238 e. The lowest BCUT2D eigenvalue weighted by Gasteiger charge is -2.17. The lowest BCUT2D eigenvalue weighted by molar-refractivity contribution is -0.122. The van der Waals surface area contributed by atoms with Crippen molar-refractivity contribution in [3.8, 4) is 0 Å². The molecule has 0 bridgehead atoms. The fourth-order valence-corrected chi connectivity index (χ4v) is 5.88. The summed E-state index contributed by atoms with van der Waals surface area (Å²) < 4.78 is 22.9. The van der Waals surface area contributed by atoms with Crippen LogP contribution in [-0.4, -0.2) is 44.3 Å². The summed E-state index contributed by atoms with van der Waals surface area (Å²) in [6, 6.07) is 18.9. The van der Waals surface area contributed by atoms with Gasteiger partial charge in [0.25, 0.3) is 0 Å². The maximum absolute atomic E-state index is 12.8. The molecule has 8 heteroatoms. The first kappa shape index (κ1) is 21.4. The van der Waals surface area contributed by atoms with Crippen molar-refractivity contribution < 1.29 is 18.0 Å². The molecule has 1 fully saturated rings. The van der Waals surface area contributed by atoms with E-state index in [1.165, 1.54) is 11.8 Å². The van der Waals surface area contributed by atoms with Gasteiger partial charge in [-0.1, -0.05) is 48.5 Å². The van der Waals surface area contributed by atoms with E-state index in [2.05, 4.69) is 10.6 Å². The zero-order valence-electron chi connectivity index (χ0n) is 15.9. The maximum Gasteiger partial charge on any atom is 0.238 e. The van der Waals surface area contributed by atoms with Crippen molar-refractivity contribution in [3.63, 3.8) is 0 Å². The van der Waals surface area contributed by atoms with Crippen LogP contribution in [0.1, 0.15) is 23.7 Å². The molecular formula is C21H24N2O4S2. The Bertz CT molecular complexity index is 934. The number of benzene rings is 2. The minimum absolute atomic E-state index is 0.00506. The standard InChI is InChI=1S/C21H24N2O4S2/c24-19(23-17-12-14-29(26,27)15-17)11-13-22-21(25)20(16-7-3-1-4-8-16)28-18-9-5-2-6-10-18/h1-10,17,20H,11-15H2,(H,22,25)(H,23,24)/t17-,20+/m1/s1. The van der Waals surface area contributed by atoms with Gasteiger partial charge in [0.2, 0.25) is 11.8 Å². The van der Waals surface area contributed by atoms with Crippen LogP contribution < -0.4 is 10.6 Å². The van der Waals surface area contributed by atoms with Gasteiger partial charge in [-0.2, -0.15) is 0 Å². The lowest BCUT2D eigenvalue weighted by Crippen LogP contribution is -2.38. The summed E-state index contributed by atoms with van der Waals surface area (Å²) in [5.74, 6) is -0.306. The van der Waals surface area contributed by atoms with Crippen molar-refractivity contribution in [2.45, 2.75) is 29.0 Å². The van der Waals surface area contributed by atoms with Crippen LogP contribution in [0.15, 0.2) is 65.6 Å². The largest absolute Gasteiger partial charge is 0.354 e. The highest BCUT2D eigenvalue weighted by molar-refractivity contribution is 8.00. The van der Waals surface area contributed by atoms with E-state index >= 15 is 0 Å². The van der Waals surface area contributed by atoms with Gasteiger partial charge < -0.3 is 10.6 Å². The molecule has 2 aromatic carbocycles. The molecule has 2 amide bonds. The second-order valence-corrected chi connectivity index (χ2v) is 10.3. The van der Waals surface area contributed by atoms with Crippen LogP contribution in [0.25, 0.3) is 0 Å². The molecule has 29 heavy (non-hydrogen) atoms. The van der Waals surface area contributed by atoms with E-state index in [1.807, 2.05) is 60.7 Å². The predicted molar refractivity (Wildman–Crippen MR) is 114 cm³/mol. The van der Waals surface area contributed by atoms with E-state index < -0.39 is 15.1 Å². The summed E-state index contributed by atoms with van der Waals surface area (Å²) in [5, 5.41) is 5.14. The predicted octanol–water partition coefficient (Wildman–Crippen LogP) is 2.33. The molecule has 0 saturated carbocycles. The molecule has 1 aliphatic rings. The van der Waals surface area contributed by atoms with Gasteiger partial charge in [0.1, 0.15) is 5.25 Å². The first-order chi connectivity index (χ1) is 13.9. The summed E-state index contributed by atoms with van der Waals surface area (Å²) in [7, 11) is -3.03. The third kappa shape index (κ3) is 6.61. The Morgan fingerprint density at radius 2 is 1.69 bits per heavy atom. The highest BCUT2D eigenvalue weighted by Gasteiger charge is 2.29. The first-order valence-electron chi connectivity index (χ1n) is 9.47. The van der Waals surface area contributed by atoms with E-state index in [0.717, 1.165) is 10.5 Å². The van der Waals surface area contributed by atoms with Crippen LogP contribution in [0, 0.1) is 0 Å². The van der Waals surface area contributed by atoms with Gasteiger partial charge in [-0.15, -0.1) is 11.8 Å². The Morgan fingerprint density at radius 3 is 2.31 bits per heavy atom. The Labute approximate surface area is 175 Å². The van der Waals surface area contributed by atoms with Crippen molar-refractivity contribution >= 4 is 33.4 Å². The Hall–Kier alpha value is -2.32. The zero-order valence-corrected chi connectivity index (χ0v) is 17.5. The molecule has 2 atom stereocenters. The number of sulfone groups is 1. The van der Waals surface area contributed by atoms with Crippen molar-refractivity contribution in [1.82, 2.24) is 10.6 Å². The van der Waals surface area contributed by atoms with Crippen molar-refractivity contribution in [3.05, 3.63) is 66.2 Å². The van der Waals surface area contributed by atoms with Gasteiger partial charge in [0.05, 0.1) is 11.5 Å². The topological polar surface area (TPSA) is 92.3 Å². The first-order valence-corrected chi connectivity index (χ1v) is 12.2. The average Bonchev–Trinajstić information content (AvgIpc) is 3.05. The number of amides is 2. The minimum atomic E-state index is -3.03. The van der Waals surface area contributed by atoms with Gasteiger partial charge >= 0.3 is 0 Å². The average molecular weight is 433 g/mol. The monoisotopic (exact) mass is 432 g/mol. The van der Waals surface area contributed by atoms with Crippen LogP contribution >= 0.6 is 11.8 Å². The number of nitrogens with one attached hydrogen (secondary N) is 2. The van der Waals surface area contributed by atoms with Gasteiger partial charge in [-0.3, -0.25) is 9.59 Å². The van der Waals surface area contributed by atoms with E-state index in [0.29, 0.717) is 6.42 Å². The third-order valence-corrected chi connectivity index (χ3v) is 7.62. The lowest BCUT2D eigenvalue weighted by atomic mass is 10.1. The second kappa shape index (κ2) is 9.93. The molecule has 0 radical (unpaired) electrons. The number of carbonyl (C=O) groups excluding carboxylic acids is 2. The van der Waals surface area contributed by atoms with Gasteiger partial charge in [-0.25, -0.2) is 8.42 Å². The molecule has 1 saturated heterocycles. The van der Waals surface area contributed by atoms with E-state index in [1.54, 1.807) is 0 Å². The van der Waals surface area contributed by atoms with Crippen molar-refractivity contribution in [2.24, 2.45) is 0 Å². The Morgan fingerprint density at radius 1 is 1.03 bits per heavy atom. The van der Waals surface area contributed by atoms with E-state index in [9.17, 15) is 18.0 Å². The molecule has 1 aliphatic heterocycles. The summed E-state index contributed by atoms with van der Waals surface area (Å²) in [6.07, 6.45) is 0.560. The molecule has 3 rings (SSSR count). The third-order valence-electron chi connectivity index (χ3n) is 4.59. The molecule has 1 heterocycles. The summed E-state index contributed by atoms with van der Waals surface area (Å²) >= 11 is 1.46. The van der Waals surface area contributed by atoms with E-state index in [4.69, 9.17) is 0 Å². The number of hydrogen-bond acceptors (Lipinski definition) is 5. The highest BCUT2D eigenvalue weighted by Crippen LogP contribution is 2.35. The van der Waals surface area contributed by atoms with Gasteiger partial charge in [0, 0.05) is 23.9 Å². The number of rotatable bonds is 8. The van der Waals surface area contributed by atoms with Crippen molar-refractivity contribution in [1.29, 1.82) is 0 Å². The van der Waals surface area contributed by atoms with E-state index in [-0.39, 0.29) is 42.3 Å². The van der Waals surface area contributed by atoms with Crippen LogP contribution in [0.3, 0.4) is 0 Å². The van der Waals surface area contributed by atoms with Gasteiger partial charge in [0.15, 0.2) is 9.84 Å². The fourth-order valence-electron chi connectivity index (χ4n) is 3.14. The molecule has 0 unspecified atom stereocenters. The van der Waals surface area contributed by atoms with Crippen LogP contribution in [0.5, 0.6) is 0 Å². The Kier molecular flexibility index (Phi) is 7.33. The van der Waals surface area contributed by atoms with Crippen LogP contribution in [0.4, 0.5) is 0 Å². The molecule has 154 valence electrons.